The lowest BCUT2D eigenvalue weighted by Gasteiger charge is -2.25. The summed E-state index contributed by atoms with van der Waals surface area (Å²) in [6.07, 6.45) is 2.14. The molecule has 1 atom stereocenters. The summed E-state index contributed by atoms with van der Waals surface area (Å²) in [6.45, 7) is 1.55. The van der Waals surface area contributed by atoms with Crippen LogP contribution in [0.4, 0.5) is 0 Å². The van der Waals surface area contributed by atoms with E-state index in [4.69, 9.17) is 18.7 Å². The second kappa shape index (κ2) is 8.53. The van der Waals surface area contributed by atoms with Crippen LogP contribution in [-0.4, -0.2) is 42.9 Å². The Morgan fingerprint density at radius 3 is 2.66 bits per heavy atom. The van der Waals surface area contributed by atoms with Crippen LogP contribution in [0.1, 0.15) is 30.3 Å². The molecule has 0 aliphatic carbocycles. The van der Waals surface area contributed by atoms with Crippen molar-refractivity contribution in [2.45, 2.75) is 25.4 Å². The largest absolute Gasteiger partial charge is 0.497 e. The van der Waals surface area contributed by atoms with Gasteiger partial charge in [-0.1, -0.05) is 17.3 Å². The van der Waals surface area contributed by atoms with Gasteiger partial charge in [0.05, 0.1) is 27.9 Å². The number of hydrogen-bond acceptors (Lipinski definition) is 7. The number of benzene rings is 2. The van der Waals surface area contributed by atoms with Gasteiger partial charge in [0, 0.05) is 17.2 Å². The molecule has 0 N–H and O–H groups in total. The molecule has 1 fully saturated rings. The summed E-state index contributed by atoms with van der Waals surface area (Å²) in [7, 11) is 5.01. The Balaban J connectivity index is 1.55. The lowest BCUT2D eigenvalue weighted by molar-refractivity contribution is 0.209. The number of nitrogens with zero attached hydrogens (tertiary/aromatic N) is 3. The van der Waals surface area contributed by atoms with Crippen LogP contribution in [0.5, 0.6) is 17.2 Å². The number of likely N-dealkylation sites (tertiary alicyclic amines) is 1. The Morgan fingerprint density at radius 1 is 1.03 bits per heavy atom. The first-order valence-corrected chi connectivity index (χ1v) is 9.65. The molecular formula is C22H25N3O4. The van der Waals surface area contributed by atoms with E-state index in [0.717, 1.165) is 47.8 Å². The van der Waals surface area contributed by atoms with Crippen LogP contribution in [0.15, 0.2) is 47.0 Å². The first-order chi connectivity index (χ1) is 14.2. The van der Waals surface area contributed by atoms with E-state index in [1.807, 2.05) is 36.4 Å². The Hall–Kier alpha value is -3.06. The topological polar surface area (TPSA) is 69.9 Å². The normalized spacial score (nSPS) is 16.7. The zero-order chi connectivity index (χ0) is 20.2. The highest BCUT2D eigenvalue weighted by molar-refractivity contribution is 5.56. The lowest BCUT2D eigenvalue weighted by atomic mass is 10.0. The molecule has 1 saturated heterocycles. The van der Waals surface area contributed by atoms with Crippen molar-refractivity contribution in [2.75, 3.05) is 27.9 Å². The maximum absolute atomic E-state index is 5.59. The highest BCUT2D eigenvalue weighted by Crippen LogP contribution is 2.39. The van der Waals surface area contributed by atoms with E-state index in [2.05, 4.69) is 21.1 Å². The van der Waals surface area contributed by atoms with Gasteiger partial charge in [-0.3, -0.25) is 4.90 Å². The minimum Gasteiger partial charge on any atom is -0.497 e. The van der Waals surface area contributed by atoms with Crippen LogP contribution >= 0.6 is 0 Å². The highest BCUT2D eigenvalue weighted by Gasteiger charge is 2.30. The Bertz CT molecular complexity index is 972. The van der Waals surface area contributed by atoms with Gasteiger partial charge in [-0.15, -0.1) is 0 Å². The molecule has 29 heavy (non-hydrogen) atoms. The van der Waals surface area contributed by atoms with Crippen molar-refractivity contribution in [1.82, 2.24) is 15.0 Å². The molecule has 0 bridgehead atoms. The van der Waals surface area contributed by atoms with Gasteiger partial charge in [-0.05, 0) is 49.7 Å². The fourth-order valence-electron chi connectivity index (χ4n) is 3.84. The van der Waals surface area contributed by atoms with Gasteiger partial charge in [0.2, 0.25) is 11.7 Å². The first-order valence-electron chi connectivity index (χ1n) is 9.65. The van der Waals surface area contributed by atoms with E-state index in [0.29, 0.717) is 18.3 Å². The number of ether oxygens (including phenoxy) is 3. The van der Waals surface area contributed by atoms with Crippen LogP contribution in [0, 0.1) is 0 Å². The second-order valence-corrected chi connectivity index (χ2v) is 6.98. The number of hydrogen-bond donors (Lipinski definition) is 0. The Morgan fingerprint density at radius 2 is 1.86 bits per heavy atom. The van der Waals surface area contributed by atoms with Crippen LogP contribution in [-0.2, 0) is 6.54 Å². The number of rotatable bonds is 7. The summed E-state index contributed by atoms with van der Waals surface area (Å²) in [6, 6.07) is 13.8. The van der Waals surface area contributed by atoms with E-state index < -0.39 is 0 Å². The molecule has 7 nitrogen and oxygen atoms in total. The third-order valence-corrected chi connectivity index (χ3v) is 5.29. The predicted molar refractivity (Wildman–Crippen MR) is 108 cm³/mol. The third kappa shape index (κ3) is 4.05. The van der Waals surface area contributed by atoms with Crippen molar-refractivity contribution < 1.29 is 18.7 Å². The molecule has 2 aromatic carbocycles. The van der Waals surface area contributed by atoms with Crippen molar-refractivity contribution in [3.63, 3.8) is 0 Å². The molecule has 0 radical (unpaired) electrons. The van der Waals surface area contributed by atoms with Crippen molar-refractivity contribution in [1.29, 1.82) is 0 Å². The summed E-state index contributed by atoms with van der Waals surface area (Å²) in [4.78, 5) is 6.94. The van der Waals surface area contributed by atoms with Crippen molar-refractivity contribution in [3.8, 4) is 28.6 Å². The van der Waals surface area contributed by atoms with E-state index in [-0.39, 0.29) is 6.04 Å². The zero-order valence-corrected chi connectivity index (χ0v) is 16.9. The predicted octanol–water partition coefficient (Wildman–Crippen LogP) is 4.10. The van der Waals surface area contributed by atoms with Crippen LogP contribution in [0.3, 0.4) is 0 Å². The van der Waals surface area contributed by atoms with Crippen molar-refractivity contribution >= 4 is 0 Å². The van der Waals surface area contributed by atoms with Gasteiger partial charge in [0.1, 0.15) is 17.2 Å². The molecule has 0 saturated carbocycles. The van der Waals surface area contributed by atoms with Gasteiger partial charge in [-0.25, -0.2) is 0 Å². The minimum absolute atomic E-state index is 0.215. The fourth-order valence-corrected chi connectivity index (χ4v) is 3.84. The molecule has 4 rings (SSSR count). The SMILES string of the molecule is COc1cccc(-c2noc(CN3CCC[C@H]3c3cc(OC)ccc3OC)n2)c1. The molecule has 152 valence electrons. The monoisotopic (exact) mass is 395 g/mol. The first kappa shape index (κ1) is 19.3. The molecule has 1 aliphatic heterocycles. The molecule has 1 aliphatic rings. The van der Waals surface area contributed by atoms with Crippen LogP contribution < -0.4 is 14.2 Å². The molecule has 1 aromatic heterocycles. The van der Waals surface area contributed by atoms with Gasteiger partial charge in [0.15, 0.2) is 0 Å². The summed E-state index contributed by atoms with van der Waals surface area (Å²) >= 11 is 0. The third-order valence-electron chi connectivity index (χ3n) is 5.29. The van der Waals surface area contributed by atoms with E-state index in [1.165, 1.54) is 0 Å². The maximum Gasteiger partial charge on any atom is 0.241 e. The maximum atomic E-state index is 5.59. The fraction of sp³-hybridized carbons (Fsp3) is 0.364. The molecule has 0 amide bonds. The van der Waals surface area contributed by atoms with Crippen LogP contribution in [0.25, 0.3) is 11.4 Å². The van der Waals surface area contributed by atoms with Gasteiger partial charge >= 0.3 is 0 Å². The number of aromatic nitrogens is 2. The lowest BCUT2D eigenvalue weighted by Crippen LogP contribution is -2.23. The quantitative estimate of drug-likeness (QED) is 0.596. The molecular weight excluding hydrogens is 370 g/mol. The Labute approximate surface area is 170 Å². The average Bonchev–Trinajstić information content (AvgIpc) is 3.43. The summed E-state index contributed by atoms with van der Waals surface area (Å²) in [5, 5.41) is 4.15. The second-order valence-electron chi connectivity index (χ2n) is 6.98. The van der Waals surface area contributed by atoms with Crippen molar-refractivity contribution in [2.24, 2.45) is 0 Å². The van der Waals surface area contributed by atoms with Gasteiger partial charge in [0.25, 0.3) is 0 Å². The van der Waals surface area contributed by atoms with E-state index in [1.54, 1.807) is 21.3 Å². The summed E-state index contributed by atoms with van der Waals surface area (Å²) in [5.74, 6) is 3.61. The van der Waals surface area contributed by atoms with E-state index >= 15 is 0 Å². The summed E-state index contributed by atoms with van der Waals surface area (Å²) < 4.78 is 21.8. The van der Waals surface area contributed by atoms with Gasteiger partial charge < -0.3 is 18.7 Å². The Kier molecular flexibility index (Phi) is 5.67. The average molecular weight is 395 g/mol. The van der Waals surface area contributed by atoms with Crippen molar-refractivity contribution in [3.05, 3.63) is 53.9 Å². The molecule has 2 heterocycles. The molecule has 0 unspecified atom stereocenters. The molecule has 7 heteroatoms. The van der Waals surface area contributed by atoms with E-state index in [9.17, 15) is 0 Å². The van der Waals surface area contributed by atoms with Crippen LogP contribution in [0.2, 0.25) is 0 Å². The minimum atomic E-state index is 0.215. The summed E-state index contributed by atoms with van der Waals surface area (Å²) in [5.41, 5.74) is 1.99. The van der Waals surface area contributed by atoms with Gasteiger partial charge in [-0.2, -0.15) is 4.98 Å². The molecule has 0 spiro atoms. The zero-order valence-electron chi connectivity index (χ0n) is 16.9. The molecule has 3 aromatic rings. The highest BCUT2D eigenvalue weighted by atomic mass is 16.5. The number of methoxy groups -OCH3 is 3. The standard InChI is InChI=1S/C22H25N3O4/c1-26-16-7-4-6-15(12-16)22-23-21(29-24-22)14-25-11-5-8-19(25)18-13-17(27-2)9-10-20(18)28-3/h4,6-7,9-10,12-13,19H,5,8,11,14H2,1-3H3/t19-/m0/s1. The smallest absolute Gasteiger partial charge is 0.241 e.